The average Bonchev–Trinajstić information content (AvgIpc) is 2.80. The molecule has 0 radical (unpaired) electrons. The minimum atomic E-state index is -0.387. The van der Waals surface area contributed by atoms with Gasteiger partial charge in [0.05, 0.1) is 17.1 Å². The predicted octanol–water partition coefficient (Wildman–Crippen LogP) is 2.19. The molecular formula is C12H13BrFNO2. The highest BCUT2D eigenvalue weighted by Gasteiger charge is 2.28. The van der Waals surface area contributed by atoms with Crippen LogP contribution in [0.5, 0.6) is 0 Å². The molecule has 0 saturated carbocycles. The summed E-state index contributed by atoms with van der Waals surface area (Å²) in [7, 11) is 0. The lowest BCUT2D eigenvalue weighted by Gasteiger charge is -2.23. The number of hydrogen-bond donors (Lipinski definition) is 1. The van der Waals surface area contributed by atoms with Crippen molar-refractivity contribution in [3.63, 3.8) is 0 Å². The van der Waals surface area contributed by atoms with E-state index >= 15 is 0 Å². The van der Waals surface area contributed by atoms with Crippen LogP contribution in [0.25, 0.3) is 0 Å². The molecule has 0 bridgehead atoms. The SMILES string of the molecule is O=C(c1ccc(F)c(Br)c1)N1CCC[C@H]1CO. The number of rotatable bonds is 2. The largest absolute Gasteiger partial charge is 0.394 e. The summed E-state index contributed by atoms with van der Waals surface area (Å²) >= 11 is 3.06. The van der Waals surface area contributed by atoms with Gasteiger partial charge in [0.25, 0.3) is 5.91 Å². The molecular weight excluding hydrogens is 289 g/mol. The minimum Gasteiger partial charge on any atom is -0.394 e. The van der Waals surface area contributed by atoms with Crippen LogP contribution in [0.4, 0.5) is 4.39 Å². The molecule has 0 spiro atoms. The van der Waals surface area contributed by atoms with E-state index in [1.165, 1.54) is 18.2 Å². The molecule has 5 heteroatoms. The van der Waals surface area contributed by atoms with Gasteiger partial charge < -0.3 is 10.0 Å². The third-order valence-corrected chi connectivity index (χ3v) is 3.62. The van der Waals surface area contributed by atoms with Crippen LogP contribution in [-0.4, -0.2) is 35.1 Å². The Hall–Kier alpha value is -0.940. The van der Waals surface area contributed by atoms with Crippen LogP contribution in [-0.2, 0) is 0 Å². The Morgan fingerprint density at radius 2 is 2.35 bits per heavy atom. The molecule has 92 valence electrons. The Labute approximate surface area is 107 Å². The van der Waals surface area contributed by atoms with E-state index in [2.05, 4.69) is 15.9 Å². The zero-order chi connectivity index (χ0) is 12.4. The topological polar surface area (TPSA) is 40.5 Å². The van der Waals surface area contributed by atoms with Crippen LogP contribution >= 0.6 is 15.9 Å². The molecule has 1 saturated heterocycles. The second-order valence-corrected chi connectivity index (χ2v) is 4.96. The summed E-state index contributed by atoms with van der Waals surface area (Å²) < 4.78 is 13.4. The summed E-state index contributed by atoms with van der Waals surface area (Å²) in [5, 5.41) is 9.17. The van der Waals surface area contributed by atoms with Crippen LogP contribution in [0, 0.1) is 5.82 Å². The molecule has 0 aliphatic carbocycles. The van der Waals surface area contributed by atoms with Crippen molar-refractivity contribution in [1.82, 2.24) is 4.90 Å². The molecule has 1 amide bonds. The summed E-state index contributed by atoms with van der Waals surface area (Å²) in [6, 6.07) is 4.10. The van der Waals surface area contributed by atoms with Gasteiger partial charge in [-0.15, -0.1) is 0 Å². The predicted molar refractivity (Wildman–Crippen MR) is 65.2 cm³/mol. The maximum atomic E-state index is 13.1. The summed E-state index contributed by atoms with van der Waals surface area (Å²) in [5.41, 5.74) is 0.443. The van der Waals surface area contributed by atoms with Crippen LogP contribution in [0.3, 0.4) is 0 Å². The molecule has 1 aromatic rings. The highest BCUT2D eigenvalue weighted by atomic mass is 79.9. The molecule has 0 unspecified atom stereocenters. The fourth-order valence-electron chi connectivity index (χ4n) is 2.09. The number of benzene rings is 1. The number of aliphatic hydroxyl groups is 1. The monoisotopic (exact) mass is 301 g/mol. The van der Waals surface area contributed by atoms with Gasteiger partial charge in [0.2, 0.25) is 0 Å². The van der Waals surface area contributed by atoms with Crippen molar-refractivity contribution in [2.24, 2.45) is 0 Å². The number of hydrogen-bond acceptors (Lipinski definition) is 2. The van der Waals surface area contributed by atoms with E-state index in [0.717, 1.165) is 12.8 Å². The van der Waals surface area contributed by atoms with Gasteiger partial charge in [-0.05, 0) is 47.0 Å². The fourth-order valence-corrected chi connectivity index (χ4v) is 2.47. The van der Waals surface area contributed by atoms with Crippen LogP contribution in [0.1, 0.15) is 23.2 Å². The molecule has 1 aliphatic rings. The molecule has 1 heterocycles. The van der Waals surface area contributed by atoms with E-state index in [0.29, 0.717) is 12.1 Å². The number of amides is 1. The number of carbonyl (C=O) groups is 1. The molecule has 1 aromatic carbocycles. The van der Waals surface area contributed by atoms with E-state index in [4.69, 9.17) is 5.11 Å². The number of carbonyl (C=O) groups excluding carboxylic acids is 1. The first-order valence-electron chi connectivity index (χ1n) is 5.50. The van der Waals surface area contributed by atoms with E-state index in [1.54, 1.807) is 4.90 Å². The molecule has 1 N–H and O–H groups in total. The van der Waals surface area contributed by atoms with Crippen molar-refractivity contribution in [3.8, 4) is 0 Å². The average molecular weight is 302 g/mol. The quantitative estimate of drug-likeness (QED) is 0.910. The third kappa shape index (κ3) is 2.50. The first-order chi connectivity index (χ1) is 8.13. The van der Waals surface area contributed by atoms with E-state index < -0.39 is 0 Å². The Morgan fingerprint density at radius 3 is 3.00 bits per heavy atom. The van der Waals surface area contributed by atoms with Crippen molar-refractivity contribution in [2.45, 2.75) is 18.9 Å². The standard InChI is InChI=1S/C12H13BrFNO2/c13-10-6-8(3-4-11(10)14)12(17)15-5-1-2-9(15)7-16/h3-4,6,9,16H,1-2,5,7H2/t9-/m0/s1. The molecule has 0 aromatic heterocycles. The van der Waals surface area contributed by atoms with Crippen LogP contribution in [0.2, 0.25) is 0 Å². The van der Waals surface area contributed by atoms with Gasteiger partial charge in [0.1, 0.15) is 5.82 Å². The summed E-state index contributed by atoms with van der Waals surface area (Å²) in [5.74, 6) is -0.538. The highest BCUT2D eigenvalue weighted by molar-refractivity contribution is 9.10. The second-order valence-electron chi connectivity index (χ2n) is 4.11. The Bertz CT molecular complexity index is 439. The minimum absolute atomic E-state index is 0.0197. The summed E-state index contributed by atoms with van der Waals surface area (Å²) in [4.78, 5) is 13.8. The van der Waals surface area contributed by atoms with Gasteiger partial charge >= 0.3 is 0 Å². The van der Waals surface area contributed by atoms with Crippen molar-refractivity contribution in [3.05, 3.63) is 34.1 Å². The van der Waals surface area contributed by atoms with Gasteiger partial charge in [-0.1, -0.05) is 0 Å². The maximum absolute atomic E-state index is 13.1. The smallest absolute Gasteiger partial charge is 0.254 e. The lowest BCUT2D eigenvalue weighted by Crippen LogP contribution is -2.37. The van der Waals surface area contributed by atoms with E-state index in [-0.39, 0.29) is 28.8 Å². The molecule has 3 nitrogen and oxygen atoms in total. The zero-order valence-corrected chi connectivity index (χ0v) is 10.8. The fraction of sp³-hybridized carbons (Fsp3) is 0.417. The third-order valence-electron chi connectivity index (χ3n) is 3.02. The maximum Gasteiger partial charge on any atom is 0.254 e. The molecule has 1 fully saturated rings. The summed E-state index contributed by atoms with van der Waals surface area (Å²) in [6.07, 6.45) is 1.73. The van der Waals surface area contributed by atoms with Crippen molar-refractivity contribution in [1.29, 1.82) is 0 Å². The van der Waals surface area contributed by atoms with Gasteiger partial charge in [0.15, 0.2) is 0 Å². The zero-order valence-electron chi connectivity index (χ0n) is 9.20. The highest BCUT2D eigenvalue weighted by Crippen LogP contribution is 2.22. The van der Waals surface area contributed by atoms with Crippen molar-refractivity contribution >= 4 is 21.8 Å². The van der Waals surface area contributed by atoms with Crippen molar-refractivity contribution < 1.29 is 14.3 Å². The molecule has 17 heavy (non-hydrogen) atoms. The van der Waals surface area contributed by atoms with Gasteiger partial charge in [0, 0.05) is 12.1 Å². The molecule has 1 atom stereocenters. The van der Waals surface area contributed by atoms with Crippen molar-refractivity contribution in [2.75, 3.05) is 13.2 Å². The lowest BCUT2D eigenvalue weighted by atomic mass is 10.1. The number of likely N-dealkylation sites (tertiary alicyclic amines) is 1. The number of nitrogens with zero attached hydrogens (tertiary/aromatic N) is 1. The Morgan fingerprint density at radius 1 is 1.59 bits per heavy atom. The number of halogens is 2. The van der Waals surface area contributed by atoms with Crippen LogP contribution in [0.15, 0.2) is 22.7 Å². The molecule has 2 rings (SSSR count). The Balaban J connectivity index is 2.21. The van der Waals surface area contributed by atoms with E-state index in [9.17, 15) is 9.18 Å². The first kappa shape index (κ1) is 12.5. The number of aliphatic hydroxyl groups excluding tert-OH is 1. The van der Waals surface area contributed by atoms with Gasteiger partial charge in [-0.25, -0.2) is 4.39 Å². The van der Waals surface area contributed by atoms with Crippen LogP contribution < -0.4 is 0 Å². The first-order valence-corrected chi connectivity index (χ1v) is 6.29. The lowest BCUT2D eigenvalue weighted by molar-refractivity contribution is 0.0677. The molecule has 1 aliphatic heterocycles. The normalized spacial score (nSPS) is 19.7. The van der Waals surface area contributed by atoms with Gasteiger partial charge in [-0.3, -0.25) is 4.79 Å². The van der Waals surface area contributed by atoms with E-state index in [1.807, 2.05) is 0 Å². The second kappa shape index (κ2) is 5.14. The Kier molecular flexibility index (Phi) is 3.79. The van der Waals surface area contributed by atoms with Gasteiger partial charge in [-0.2, -0.15) is 0 Å². The summed E-state index contributed by atoms with van der Waals surface area (Å²) in [6.45, 7) is 0.632.